The van der Waals surface area contributed by atoms with Gasteiger partial charge in [0.05, 0.1) is 15.4 Å². The number of halogens is 5. The molecule has 0 saturated carbocycles. The molecule has 5 nitrogen and oxygen atoms in total. The minimum absolute atomic E-state index is 0.215. The van der Waals surface area contributed by atoms with Crippen molar-refractivity contribution in [2.24, 2.45) is 0 Å². The van der Waals surface area contributed by atoms with E-state index in [0.717, 1.165) is 24.3 Å². The first-order valence-corrected chi connectivity index (χ1v) is 7.80. The molecular weight excluding hydrogens is 373 g/mol. The van der Waals surface area contributed by atoms with E-state index in [1.807, 2.05) is 0 Å². The third-order valence-electron chi connectivity index (χ3n) is 3.03. The van der Waals surface area contributed by atoms with Crippen LogP contribution in [0, 0.1) is 39.2 Å². The molecule has 0 heterocycles. The molecule has 0 amide bonds. The molecule has 0 fully saturated rings. The Morgan fingerprint density at radius 1 is 0.840 bits per heavy atom. The average Bonchev–Trinajstić information content (AvgIpc) is 2.58. The molecule has 2 aromatic rings. The molecule has 2 aromatic carbocycles. The van der Waals surface area contributed by atoms with Gasteiger partial charge in [0.1, 0.15) is 0 Å². The van der Waals surface area contributed by atoms with Crippen LogP contribution in [0.1, 0.15) is 5.56 Å². The second kappa shape index (κ2) is 6.59. The van der Waals surface area contributed by atoms with Crippen LogP contribution in [0.5, 0.6) is 0 Å². The number of rotatable bonds is 4. The second-order valence-electron chi connectivity index (χ2n) is 4.58. The van der Waals surface area contributed by atoms with Crippen LogP contribution in [-0.4, -0.2) is 13.3 Å². The number of sulfone groups is 1. The number of nitro benzene ring substituents is 1. The molecule has 0 aliphatic rings. The van der Waals surface area contributed by atoms with Crippen LogP contribution in [0.3, 0.4) is 0 Å². The Morgan fingerprint density at radius 2 is 1.28 bits per heavy atom. The highest BCUT2D eigenvalue weighted by molar-refractivity contribution is 7.94. The Hall–Kier alpha value is -2.82. The van der Waals surface area contributed by atoms with Gasteiger partial charge in [0.2, 0.25) is 5.82 Å². The SMILES string of the molecule is O=[N+]([O-])c1ccc(S(=O)(=O)/C=C/c2c(F)c(F)c(F)c(F)c2F)cc1. The summed E-state index contributed by atoms with van der Waals surface area (Å²) in [6.45, 7) is 0. The first-order chi connectivity index (χ1) is 11.6. The third kappa shape index (κ3) is 3.50. The van der Waals surface area contributed by atoms with Crippen LogP contribution < -0.4 is 0 Å². The Morgan fingerprint density at radius 3 is 1.72 bits per heavy atom. The fraction of sp³-hybridized carbons (Fsp3) is 0. The predicted octanol–water partition coefficient (Wildman–Crippen LogP) is 3.73. The lowest BCUT2D eigenvalue weighted by Gasteiger charge is -2.04. The zero-order valence-electron chi connectivity index (χ0n) is 11.8. The molecule has 0 aliphatic carbocycles. The Balaban J connectivity index is 2.46. The van der Waals surface area contributed by atoms with Crippen molar-refractivity contribution in [1.29, 1.82) is 0 Å². The summed E-state index contributed by atoms with van der Waals surface area (Å²) in [4.78, 5) is 9.25. The van der Waals surface area contributed by atoms with Gasteiger partial charge in [-0.1, -0.05) is 0 Å². The van der Waals surface area contributed by atoms with Gasteiger partial charge < -0.3 is 0 Å². The van der Waals surface area contributed by atoms with Crippen LogP contribution >= 0.6 is 0 Å². The summed E-state index contributed by atoms with van der Waals surface area (Å²) in [5.41, 5.74) is -1.83. The van der Waals surface area contributed by atoms with E-state index in [-0.39, 0.29) is 11.5 Å². The van der Waals surface area contributed by atoms with Crippen molar-refractivity contribution in [1.82, 2.24) is 0 Å². The van der Waals surface area contributed by atoms with E-state index in [9.17, 15) is 40.5 Å². The topological polar surface area (TPSA) is 77.3 Å². The van der Waals surface area contributed by atoms with Gasteiger partial charge in [0, 0.05) is 17.5 Å². The van der Waals surface area contributed by atoms with E-state index in [2.05, 4.69) is 0 Å². The zero-order chi connectivity index (χ0) is 18.9. The van der Waals surface area contributed by atoms with Crippen LogP contribution in [0.4, 0.5) is 27.6 Å². The maximum absolute atomic E-state index is 13.5. The largest absolute Gasteiger partial charge is 0.269 e. The molecule has 0 N–H and O–H groups in total. The van der Waals surface area contributed by atoms with Gasteiger partial charge in [-0.05, 0) is 18.2 Å². The summed E-state index contributed by atoms with van der Waals surface area (Å²) >= 11 is 0. The summed E-state index contributed by atoms with van der Waals surface area (Å²) in [6.07, 6.45) is 0.215. The van der Waals surface area contributed by atoms with E-state index in [0.29, 0.717) is 0 Å². The van der Waals surface area contributed by atoms with Crippen LogP contribution in [0.15, 0.2) is 34.6 Å². The first kappa shape index (κ1) is 18.5. The van der Waals surface area contributed by atoms with Crippen LogP contribution in [0.2, 0.25) is 0 Å². The molecule has 2 rings (SSSR count). The zero-order valence-corrected chi connectivity index (χ0v) is 12.7. The number of nitro groups is 1. The van der Waals surface area contributed by atoms with Crippen molar-refractivity contribution in [3.63, 3.8) is 0 Å². The van der Waals surface area contributed by atoms with E-state index in [1.165, 1.54) is 0 Å². The highest BCUT2D eigenvalue weighted by Gasteiger charge is 2.24. The summed E-state index contributed by atoms with van der Waals surface area (Å²) in [5.74, 6) is -11.2. The number of benzene rings is 2. The Kier molecular flexibility index (Phi) is 4.88. The van der Waals surface area contributed by atoms with Gasteiger partial charge in [-0.15, -0.1) is 0 Å². The summed E-state index contributed by atoms with van der Waals surface area (Å²) < 4.78 is 90.0. The van der Waals surface area contributed by atoms with Crippen molar-refractivity contribution < 1.29 is 35.3 Å². The monoisotopic (exact) mass is 379 g/mol. The molecule has 0 bridgehead atoms. The molecule has 0 saturated heterocycles. The summed E-state index contributed by atoms with van der Waals surface area (Å²) in [6, 6.07) is 3.46. The highest BCUT2D eigenvalue weighted by Crippen LogP contribution is 2.25. The molecule has 0 aromatic heterocycles. The maximum atomic E-state index is 13.5. The second-order valence-corrected chi connectivity index (χ2v) is 6.42. The summed E-state index contributed by atoms with van der Waals surface area (Å²) in [7, 11) is -4.35. The first-order valence-electron chi connectivity index (χ1n) is 6.25. The highest BCUT2D eigenvalue weighted by atomic mass is 32.2. The van der Waals surface area contributed by atoms with Crippen molar-refractivity contribution in [2.75, 3.05) is 0 Å². The lowest BCUT2D eigenvalue weighted by atomic mass is 10.1. The minimum Gasteiger partial charge on any atom is -0.258 e. The van der Waals surface area contributed by atoms with Gasteiger partial charge in [-0.25, -0.2) is 30.4 Å². The van der Waals surface area contributed by atoms with Gasteiger partial charge >= 0.3 is 0 Å². The number of hydrogen-bond donors (Lipinski definition) is 0. The van der Waals surface area contributed by atoms with Crippen LogP contribution in [0.25, 0.3) is 6.08 Å². The van der Waals surface area contributed by atoms with Gasteiger partial charge in [-0.3, -0.25) is 10.1 Å². The van der Waals surface area contributed by atoms with E-state index in [4.69, 9.17) is 0 Å². The Labute approximate surface area is 137 Å². The lowest BCUT2D eigenvalue weighted by molar-refractivity contribution is -0.384. The molecule has 25 heavy (non-hydrogen) atoms. The summed E-state index contributed by atoms with van der Waals surface area (Å²) in [5, 5.41) is 10.7. The molecule has 0 atom stereocenters. The number of nitrogens with zero attached hydrogens (tertiary/aromatic N) is 1. The number of hydrogen-bond acceptors (Lipinski definition) is 4. The van der Waals surface area contributed by atoms with Gasteiger partial charge in [0.15, 0.2) is 33.1 Å². The maximum Gasteiger partial charge on any atom is 0.269 e. The third-order valence-corrected chi connectivity index (χ3v) is 4.46. The average molecular weight is 379 g/mol. The van der Waals surface area contributed by atoms with E-state index >= 15 is 0 Å². The normalized spacial score (nSPS) is 11.9. The fourth-order valence-electron chi connectivity index (χ4n) is 1.76. The molecule has 0 unspecified atom stereocenters. The number of non-ortho nitro benzene ring substituents is 1. The molecule has 0 radical (unpaired) electrons. The van der Waals surface area contributed by atoms with Gasteiger partial charge in [0.25, 0.3) is 5.69 Å². The minimum atomic E-state index is -4.35. The molecule has 0 aliphatic heterocycles. The van der Waals surface area contributed by atoms with E-state index < -0.39 is 60.0 Å². The fourth-order valence-corrected chi connectivity index (χ4v) is 2.75. The van der Waals surface area contributed by atoms with Crippen molar-refractivity contribution in [3.8, 4) is 0 Å². The quantitative estimate of drug-likeness (QED) is 0.267. The molecular formula is C14H6F5NO4S. The standard InChI is InChI=1S/C14H6F5NO4S/c15-10-9(11(16)13(18)14(19)12(10)17)5-6-25(23,24)8-3-1-7(2-4-8)20(21)22/h1-6H/b6-5+. The lowest BCUT2D eigenvalue weighted by Crippen LogP contribution is -2.04. The molecule has 0 spiro atoms. The molecule has 11 heteroatoms. The van der Waals surface area contributed by atoms with Crippen LogP contribution in [-0.2, 0) is 9.84 Å². The van der Waals surface area contributed by atoms with E-state index in [1.54, 1.807) is 0 Å². The van der Waals surface area contributed by atoms with Crippen molar-refractivity contribution in [3.05, 3.63) is 74.4 Å². The molecule has 132 valence electrons. The predicted molar refractivity (Wildman–Crippen MR) is 75.5 cm³/mol. The van der Waals surface area contributed by atoms with Gasteiger partial charge in [-0.2, -0.15) is 0 Å². The van der Waals surface area contributed by atoms with Crippen molar-refractivity contribution in [2.45, 2.75) is 4.90 Å². The van der Waals surface area contributed by atoms with Crippen molar-refractivity contribution >= 4 is 21.6 Å². The smallest absolute Gasteiger partial charge is 0.258 e. The Bertz CT molecular complexity index is 958.